The number of hydrogen-bond donors (Lipinski definition) is 1. The van der Waals surface area contributed by atoms with E-state index in [2.05, 4.69) is 10.5 Å². The molecule has 0 atom stereocenters. The van der Waals surface area contributed by atoms with Crippen LogP contribution >= 0.6 is 34.5 Å². The first-order valence-corrected chi connectivity index (χ1v) is 7.05. The van der Waals surface area contributed by atoms with E-state index in [-0.39, 0.29) is 5.91 Å². The molecule has 0 aliphatic carbocycles. The second kappa shape index (κ2) is 6.19. The van der Waals surface area contributed by atoms with Crippen LogP contribution in [0.2, 0.25) is 10.0 Å². The van der Waals surface area contributed by atoms with Crippen LogP contribution in [-0.2, 0) is 0 Å². The van der Waals surface area contributed by atoms with Gasteiger partial charge < -0.3 is 0 Å². The highest BCUT2D eigenvalue weighted by Crippen LogP contribution is 2.21. The van der Waals surface area contributed by atoms with E-state index >= 15 is 0 Å². The average molecular weight is 313 g/mol. The molecule has 0 saturated heterocycles. The fourth-order valence-corrected chi connectivity index (χ4v) is 2.47. The molecule has 1 amide bonds. The van der Waals surface area contributed by atoms with Crippen LogP contribution < -0.4 is 5.43 Å². The number of carbonyl (C=O) groups is 1. The van der Waals surface area contributed by atoms with Crippen molar-refractivity contribution in [3.05, 3.63) is 56.2 Å². The topological polar surface area (TPSA) is 41.5 Å². The summed E-state index contributed by atoms with van der Waals surface area (Å²) in [6, 6.07) is 8.64. The van der Waals surface area contributed by atoms with Crippen molar-refractivity contribution in [2.45, 2.75) is 6.92 Å². The minimum absolute atomic E-state index is 0.243. The van der Waals surface area contributed by atoms with Crippen LogP contribution in [0.4, 0.5) is 0 Å². The van der Waals surface area contributed by atoms with E-state index in [0.29, 0.717) is 26.2 Å². The summed E-state index contributed by atoms with van der Waals surface area (Å²) >= 11 is 13.3. The fourth-order valence-electron chi connectivity index (χ4n) is 1.43. The Hall–Kier alpha value is -1.36. The molecule has 1 aromatic heterocycles. The van der Waals surface area contributed by atoms with Crippen molar-refractivity contribution in [3.8, 4) is 0 Å². The lowest BCUT2D eigenvalue weighted by Gasteiger charge is -2.05. The molecule has 0 aliphatic heterocycles. The van der Waals surface area contributed by atoms with Gasteiger partial charge in [-0.1, -0.05) is 29.3 Å². The molecule has 0 spiro atoms. The summed E-state index contributed by atoms with van der Waals surface area (Å²) in [5, 5.41) is 6.97. The molecule has 2 rings (SSSR count). The quantitative estimate of drug-likeness (QED) is 0.669. The van der Waals surface area contributed by atoms with Gasteiger partial charge in [0.1, 0.15) is 0 Å². The predicted molar refractivity (Wildman–Crippen MR) is 80.5 cm³/mol. The third kappa shape index (κ3) is 3.56. The SMILES string of the molecule is C/C(=N\NC(=O)c1cccs1)c1cc(Cl)ccc1Cl. The van der Waals surface area contributed by atoms with E-state index < -0.39 is 0 Å². The summed E-state index contributed by atoms with van der Waals surface area (Å²) in [5.74, 6) is -0.243. The molecule has 0 fully saturated rings. The molecule has 1 N–H and O–H groups in total. The van der Waals surface area contributed by atoms with Gasteiger partial charge in [-0.3, -0.25) is 4.79 Å². The Morgan fingerprint density at radius 2 is 2.11 bits per heavy atom. The molecule has 2 aromatic rings. The van der Waals surface area contributed by atoms with Crippen molar-refractivity contribution in [2.75, 3.05) is 0 Å². The van der Waals surface area contributed by atoms with Crippen LogP contribution in [0, 0.1) is 0 Å². The maximum atomic E-state index is 11.7. The first-order chi connectivity index (χ1) is 9.08. The number of halogens is 2. The number of hydrazone groups is 1. The second-order valence-corrected chi connectivity index (χ2v) is 5.53. The van der Waals surface area contributed by atoms with Crippen LogP contribution in [-0.4, -0.2) is 11.6 Å². The van der Waals surface area contributed by atoms with Gasteiger partial charge in [0.25, 0.3) is 5.91 Å². The Morgan fingerprint density at radius 1 is 1.32 bits per heavy atom. The van der Waals surface area contributed by atoms with Crippen molar-refractivity contribution < 1.29 is 4.79 Å². The third-order valence-corrected chi connectivity index (χ3v) is 3.82. The highest BCUT2D eigenvalue weighted by atomic mass is 35.5. The standard InChI is InChI=1S/C13H10Cl2N2OS/c1-8(10-7-9(14)4-5-11(10)15)16-17-13(18)12-3-2-6-19-12/h2-7H,1H3,(H,17,18)/b16-8+. The first kappa shape index (κ1) is 14.1. The van der Waals surface area contributed by atoms with Gasteiger partial charge in [-0.2, -0.15) is 5.10 Å². The largest absolute Gasteiger partial charge is 0.281 e. The molecular formula is C13H10Cl2N2OS. The fraction of sp³-hybridized carbons (Fsp3) is 0.0769. The number of nitrogens with zero attached hydrogens (tertiary/aromatic N) is 1. The van der Waals surface area contributed by atoms with E-state index in [9.17, 15) is 4.79 Å². The van der Waals surface area contributed by atoms with Crippen molar-refractivity contribution in [3.63, 3.8) is 0 Å². The summed E-state index contributed by atoms with van der Waals surface area (Å²) in [6.07, 6.45) is 0. The number of amides is 1. The normalized spacial score (nSPS) is 11.4. The van der Waals surface area contributed by atoms with Crippen molar-refractivity contribution in [2.24, 2.45) is 5.10 Å². The van der Waals surface area contributed by atoms with Gasteiger partial charge in [0.05, 0.1) is 10.6 Å². The molecule has 0 unspecified atom stereocenters. The number of carbonyl (C=O) groups excluding carboxylic acids is 1. The van der Waals surface area contributed by atoms with E-state index in [1.807, 2.05) is 11.4 Å². The van der Waals surface area contributed by atoms with Gasteiger partial charge in [-0.25, -0.2) is 5.43 Å². The predicted octanol–water partition coefficient (Wildman–Crippen LogP) is 4.21. The van der Waals surface area contributed by atoms with Gasteiger partial charge >= 0.3 is 0 Å². The summed E-state index contributed by atoms with van der Waals surface area (Å²) < 4.78 is 0. The first-order valence-electron chi connectivity index (χ1n) is 5.41. The number of rotatable bonds is 3. The average Bonchev–Trinajstić information content (AvgIpc) is 2.92. The monoisotopic (exact) mass is 312 g/mol. The Labute approximate surface area is 124 Å². The Kier molecular flexibility index (Phi) is 4.58. The summed E-state index contributed by atoms with van der Waals surface area (Å²) in [4.78, 5) is 12.3. The lowest BCUT2D eigenvalue weighted by atomic mass is 10.1. The molecule has 19 heavy (non-hydrogen) atoms. The minimum atomic E-state index is -0.243. The molecule has 3 nitrogen and oxygen atoms in total. The zero-order chi connectivity index (χ0) is 13.8. The number of benzene rings is 1. The van der Waals surface area contributed by atoms with Crippen molar-refractivity contribution in [1.82, 2.24) is 5.43 Å². The van der Waals surface area contributed by atoms with Crippen molar-refractivity contribution in [1.29, 1.82) is 0 Å². The van der Waals surface area contributed by atoms with Gasteiger partial charge in [-0.05, 0) is 36.6 Å². The van der Waals surface area contributed by atoms with Crippen LogP contribution in [0.5, 0.6) is 0 Å². The van der Waals surface area contributed by atoms with Crippen LogP contribution in [0.25, 0.3) is 0 Å². The van der Waals surface area contributed by atoms with E-state index in [1.165, 1.54) is 11.3 Å². The number of nitrogens with one attached hydrogen (secondary N) is 1. The van der Waals surface area contributed by atoms with E-state index in [0.717, 1.165) is 0 Å². The lowest BCUT2D eigenvalue weighted by Crippen LogP contribution is -2.18. The van der Waals surface area contributed by atoms with Crippen LogP contribution in [0.3, 0.4) is 0 Å². The molecule has 1 aromatic carbocycles. The van der Waals surface area contributed by atoms with Gasteiger partial charge in [0.15, 0.2) is 0 Å². The zero-order valence-corrected chi connectivity index (χ0v) is 12.3. The lowest BCUT2D eigenvalue weighted by molar-refractivity contribution is 0.0959. The highest BCUT2D eigenvalue weighted by Gasteiger charge is 2.07. The molecule has 0 aliphatic rings. The Morgan fingerprint density at radius 3 is 2.79 bits per heavy atom. The number of hydrogen-bond acceptors (Lipinski definition) is 3. The van der Waals surface area contributed by atoms with Gasteiger partial charge in [0, 0.05) is 15.6 Å². The third-order valence-electron chi connectivity index (χ3n) is 2.39. The molecule has 6 heteroatoms. The number of thiophene rings is 1. The summed E-state index contributed by atoms with van der Waals surface area (Å²) in [6.45, 7) is 1.76. The smallest absolute Gasteiger partial charge is 0.266 e. The zero-order valence-electron chi connectivity index (χ0n) is 9.98. The maximum Gasteiger partial charge on any atom is 0.281 e. The minimum Gasteiger partial charge on any atom is -0.266 e. The maximum absolute atomic E-state index is 11.7. The van der Waals surface area contributed by atoms with Crippen molar-refractivity contribution >= 4 is 46.2 Å². The molecule has 1 heterocycles. The Balaban J connectivity index is 2.15. The molecule has 0 bridgehead atoms. The highest BCUT2D eigenvalue weighted by molar-refractivity contribution is 7.12. The van der Waals surface area contributed by atoms with Gasteiger partial charge in [-0.15, -0.1) is 11.3 Å². The van der Waals surface area contributed by atoms with Gasteiger partial charge in [0.2, 0.25) is 0 Å². The molecule has 0 radical (unpaired) electrons. The summed E-state index contributed by atoms with van der Waals surface area (Å²) in [5.41, 5.74) is 3.78. The molecule has 0 saturated carbocycles. The molecular weight excluding hydrogens is 303 g/mol. The van der Waals surface area contributed by atoms with E-state index in [1.54, 1.807) is 31.2 Å². The Bertz CT molecular complexity index is 624. The van der Waals surface area contributed by atoms with Crippen LogP contribution in [0.1, 0.15) is 22.2 Å². The van der Waals surface area contributed by atoms with E-state index in [4.69, 9.17) is 23.2 Å². The molecule has 98 valence electrons. The second-order valence-electron chi connectivity index (χ2n) is 3.74. The van der Waals surface area contributed by atoms with Crippen LogP contribution in [0.15, 0.2) is 40.8 Å². The summed E-state index contributed by atoms with van der Waals surface area (Å²) in [7, 11) is 0.